The lowest BCUT2D eigenvalue weighted by molar-refractivity contribution is 0.590. The molecule has 5 aromatic carbocycles. The van der Waals surface area contributed by atoms with Gasteiger partial charge in [-0.15, -0.1) is 0 Å². The van der Waals surface area contributed by atoms with Gasteiger partial charge in [-0.2, -0.15) is 0 Å². The molecule has 0 spiro atoms. The molecule has 0 aliphatic carbocycles. The molecule has 246 valence electrons. The summed E-state index contributed by atoms with van der Waals surface area (Å²) < 4.78 is 2.40. The molecule has 2 aromatic heterocycles. The summed E-state index contributed by atoms with van der Waals surface area (Å²) in [6.45, 7) is 20.4. The van der Waals surface area contributed by atoms with E-state index in [2.05, 4.69) is 188 Å². The van der Waals surface area contributed by atoms with Crippen LogP contribution in [0, 0.1) is 0 Å². The first-order valence-electron chi connectivity index (χ1n) is 17.5. The van der Waals surface area contributed by atoms with Crippen LogP contribution in [0.4, 0.5) is 0 Å². The van der Waals surface area contributed by atoms with Crippen LogP contribution in [-0.4, -0.2) is 9.55 Å². The third-order valence-corrected chi connectivity index (χ3v) is 9.98. The first-order chi connectivity index (χ1) is 23.2. The van der Waals surface area contributed by atoms with Gasteiger partial charge in [-0.25, -0.2) is 0 Å². The maximum Gasteiger partial charge on any atom is 0.0722 e. The lowest BCUT2D eigenvalue weighted by Crippen LogP contribution is -2.10. The molecule has 0 unspecified atom stereocenters. The summed E-state index contributed by atoms with van der Waals surface area (Å²) in [6.07, 6.45) is 1.94. The molecule has 2 nitrogen and oxygen atoms in total. The fourth-order valence-corrected chi connectivity index (χ4v) is 6.84. The Morgan fingerprint density at radius 2 is 0.755 bits per heavy atom. The molecule has 0 bridgehead atoms. The van der Waals surface area contributed by atoms with Gasteiger partial charge in [-0.3, -0.25) is 4.98 Å². The highest BCUT2D eigenvalue weighted by atomic mass is 15.0. The highest BCUT2D eigenvalue weighted by molar-refractivity contribution is 6.11. The van der Waals surface area contributed by atoms with Gasteiger partial charge in [-0.1, -0.05) is 147 Å². The second-order valence-electron chi connectivity index (χ2n) is 16.7. The van der Waals surface area contributed by atoms with Gasteiger partial charge in [0.1, 0.15) is 0 Å². The Labute approximate surface area is 292 Å². The van der Waals surface area contributed by atoms with Crippen LogP contribution < -0.4 is 0 Å². The number of fused-ring (bicyclic) bond motifs is 3. The van der Waals surface area contributed by atoms with Crippen LogP contribution in [0.25, 0.3) is 61.0 Å². The Morgan fingerprint density at radius 1 is 0.388 bits per heavy atom. The topological polar surface area (TPSA) is 17.8 Å². The molecule has 0 aliphatic rings. The summed E-state index contributed by atoms with van der Waals surface area (Å²) in [5.41, 5.74) is 14.8. The summed E-state index contributed by atoms with van der Waals surface area (Å²) in [4.78, 5) is 4.81. The molecule has 0 amide bonds. The van der Waals surface area contributed by atoms with Crippen LogP contribution in [0.2, 0.25) is 0 Å². The molecular weight excluding hydrogens is 593 g/mol. The predicted octanol–water partition coefficient (Wildman–Crippen LogP) is 13.1. The van der Waals surface area contributed by atoms with E-state index in [1.807, 2.05) is 6.20 Å². The smallest absolute Gasteiger partial charge is 0.0722 e. The normalized spacial score (nSPS) is 12.6. The van der Waals surface area contributed by atoms with E-state index in [-0.39, 0.29) is 16.2 Å². The van der Waals surface area contributed by atoms with Gasteiger partial charge in [0.05, 0.1) is 16.7 Å². The van der Waals surface area contributed by atoms with Gasteiger partial charge in [0.2, 0.25) is 0 Å². The van der Waals surface area contributed by atoms with Gasteiger partial charge in [-0.05, 0) is 91.6 Å². The zero-order valence-electron chi connectivity index (χ0n) is 30.5. The molecule has 0 atom stereocenters. The van der Waals surface area contributed by atoms with Crippen molar-refractivity contribution in [2.45, 2.75) is 78.6 Å². The van der Waals surface area contributed by atoms with Crippen molar-refractivity contribution in [3.63, 3.8) is 0 Å². The van der Waals surface area contributed by atoms with E-state index in [1.165, 1.54) is 60.8 Å². The van der Waals surface area contributed by atoms with Crippen molar-refractivity contribution in [3.05, 3.63) is 144 Å². The maximum absolute atomic E-state index is 4.81. The Hall–Kier alpha value is -4.95. The first-order valence-corrected chi connectivity index (χ1v) is 17.5. The van der Waals surface area contributed by atoms with Crippen molar-refractivity contribution >= 4 is 21.8 Å². The largest absolute Gasteiger partial charge is 0.309 e. The Morgan fingerprint density at radius 3 is 1.14 bits per heavy atom. The van der Waals surface area contributed by atoms with Crippen molar-refractivity contribution in [3.8, 4) is 39.2 Å². The van der Waals surface area contributed by atoms with Crippen LogP contribution in [0.1, 0.15) is 79.0 Å². The standard InChI is InChI=1S/C47H48N2/c1-45(2,3)36-18-10-31(11-19-36)34-16-24-43-40(28-34)41-29-35(32-12-20-37(21-13-32)46(4,5)6)17-25-44(41)49(43)39-26-27-48-42(30-39)33-14-22-38(23-15-33)47(7,8)9/h10-30H,1-9H3. The summed E-state index contributed by atoms with van der Waals surface area (Å²) in [7, 11) is 0. The molecule has 2 heteroatoms. The van der Waals surface area contributed by atoms with E-state index < -0.39 is 0 Å². The summed E-state index contributed by atoms with van der Waals surface area (Å²) >= 11 is 0. The molecule has 7 rings (SSSR count). The fourth-order valence-electron chi connectivity index (χ4n) is 6.84. The predicted molar refractivity (Wildman–Crippen MR) is 211 cm³/mol. The molecule has 0 fully saturated rings. The third kappa shape index (κ3) is 6.33. The summed E-state index contributed by atoms with van der Waals surface area (Å²) in [5, 5.41) is 2.49. The molecule has 49 heavy (non-hydrogen) atoms. The van der Waals surface area contributed by atoms with Crippen molar-refractivity contribution in [2.24, 2.45) is 0 Å². The van der Waals surface area contributed by atoms with E-state index in [0.717, 1.165) is 16.9 Å². The minimum absolute atomic E-state index is 0.109. The quantitative estimate of drug-likeness (QED) is 0.187. The van der Waals surface area contributed by atoms with Crippen molar-refractivity contribution in [1.29, 1.82) is 0 Å². The number of pyridine rings is 1. The molecule has 7 aromatic rings. The highest BCUT2D eigenvalue weighted by Gasteiger charge is 2.18. The van der Waals surface area contributed by atoms with E-state index in [0.29, 0.717) is 0 Å². The van der Waals surface area contributed by atoms with E-state index in [4.69, 9.17) is 4.98 Å². The average molecular weight is 641 g/mol. The summed E-state index contributed by atoms with van der Waals surface area (Å²) in [6, 6.07) is 45.2. The van der Waals surface area contributed by atoms with Gasteiger partial charge < -0.3 is 4.57 Å². The molecule has 0 saturated carbocycles. The van der Waals surface area contributed by atoms with Gasteiger partial charge in [0, 0.05) is 28.2 Å². The van der Waals surface area contributed by atoms with Gasteiger partial charge in [0.25, 0.3) is 0 Å². The van der Waals surface area contributed by atoms with Gasteiger partial charge in [0.15, 0.2) is 0 Å². The second kappa shape index (κ2) is 11.9. The van der Waals surface area contributed by atoms with Gasteiger partial charge >= 0.3 is 0 Å². The second-order valence-corrected chi connectivity index (χ2v) is 16.7. The van der Waals surface area contributed by atoms with E-state index >= 15 is 0 Å². The average Bonchev–Trinajstić information content (AvgIpc) is 3.40. The lowest BCUT2D eigenvalue weighted by Gasteiger charge is -2.19. The number of rotatable bonds is 4. The SMILES string of the molecule is CC(C)(C)c1ccc(-c2ccc3c(c2)c2cc(-c4ccc(C(C)(C)C)cc4)ccc2n3-c2ccnc(-c3ccc(C(C)(C)C)cc3)c2)cc1. The first kappa shape index (κ1) is 32.6. The van der Waals surface area contributed by atoms with Crippen molar-refractivity contribution < 1.29 is 0 Å². The number of aromatic nitrogens is 2. The molecular formula is C47H48N2. The maximum atomic E-state index is 4.81. The van der Waals surface area contributed by atoms with E-state index in [9.17, 15) is 0 Å². The molecule has 2 heterocycles. The van der Waals surface area contributed by atoms with E-state index in [1.54, 1.807) is 0 Å². The minimum Gasteiger partial charge on any atom is -0.309 e. The minimum atomic E-state index is 0.109. The van der Waals surface area contributed by atoms with Crippen molar-refractivity contribution in [2.75, 3.05) is 0 Å². The van der Waals surface area contributed by atoms with Crippen LogP contribution in [0.15, 0.2) is 128 Å². The van der Waals surface area contributed by atoms with Crippen LogP contribution in [-0.2, 0) is 16.2 Å². The number of benzene rings is 5. The molecule has 0 aliphatic heterocycles. The lowest BCUT2D eigenvalue weighted by atomic mass is 9.86. The Bertz CT molecular complexity index is 2160. The van der Waals surface area contributed by atoms with Crippen LogP contribution in [0.3, 0.4) is 0 Å². The number of hydrogen-bond acceptors (Lipinski definition) is 1. The molecule has 0 radical (unpaired) electrons. The number of nitrogens with zero attached hydrogens (tertiary/aromatic N) is 2. The van der Waals surface area contributed by atoms with Crippen molar-refractivity contribution in [1.82, 2.24) is 9.55 Å². The third-order valence-electron chi connectivity index (χ3n) is 9.98. The van der Waals surface area contributed by atoms with Crippen LogP contribution in [0.5, 0.6) is 0 Å². The zero-order chi connectivity index (χ0) is 34.7. The fraction of sp³-hybridized carbons (Fsp3) is 0.255. The highest BCUT2D eigenvalue weighted by Crippen LogP contribution is 2.38. The molecule has 0 saturated heterocycles. The zero-order valence-corrected chi connectivity index (χ0v) is 30.5. The summed E-state index contributed by atoms with van der Waals surface area (Å²) in [5.74, 6) is 0. The Balaban J connectivity index is 1.39. The Kier molecular flexibility index (Phi) is 7.90. The molecule has 0 N–H and O–H groups in total. The number of hydrogen-bond donors (Lipinski definition) is 0. The monoisotopic (exact) mass is 640 g/mol. The van der Waals surface area contributed by atoms with Crippen LogP contribution >= 0.6 is 0 Å².